The summed E-state index contributed by atoms with van der Waals surface area (Å²) in [5.41, 5.74) is 1.97. The van der Waals surface area contributed by atoms with Crippen LogP contribution in [0.15, 0.2) is 38.6 Å². The molecule has 0 saturated carbocycles. The molecule has 3 amide bonds. The Bertz CT molecular complexity index is 721. The predicted octanol–water partition coefficient (Wildman–Crippen LogP) is 5.75. The number of hydrogen-bond acceptors (Lipinski definition) is 3. The number of carbonyl (C=O) groups excluding carboxylic acids is 2. The summed E-state index contributed by atoms with van der Waals surface area (Å²) in [7, 11) is 0. The summed E-state index contributed by atoms with van der Waals surface area (Å²) in [5.74, 6) is -0.408. The van der Waals surface area contributed by atoms with Crippen LogP contribution in [0.1, 0.15) is 0 Å². The van der Waals surface area contributed by atoms with Gasteiger partial charge in [-0.15, -0.1) is 11.3 Å². The maximum Gasteiger partial charge on any atom is 0.326 e. The molecule has 0 radical (unpaired) electrons. The molecule has 0 aliphatic carbocycles. The fraction of sp³-hybridized carbons (Fsp3) is 0.143. The number of halogens is 4. The highest BCUT2D eigenvalue weighted by atomic mass is 79.9. The van der Waals surface area contributed by atoms with Gasteiger partial charge in [-0.1, -0.05) is 62.2 Å². The standard InChI is InChI=1S/C14H10Br4N2O2S/c15-6-8(16)12(21)19-14(22)20-13-10(17)9(11(18)23-13)7-4-2-1-3-5-7/h1-5,8H,6H2,(H2,19,20,21,22). The topological polar surface area (TPSA) is 58.2 Å². The third-order valence-corrected chi connectivity index (χ3v) is 7.84. The number of nitrogens with one attached hydrogen (secondary N) is 2. The monoisotopic (exact) mass is 586 g/mol. The van der Waals surface area contributed by atoms with Crippen LogP contribution in [0.4, 0.5) is 9.80 Å². The van der Waals surface area contributed by atoms with Gasteiger partial charge in [-0.2, -0.15) is 0 Å². The first kappa shape index (κ1) is 19.1. The van der Waals surface area contributed by atoms with Crippen LogP contribution in [-0.4, -0.2) is 22.1 Å². The number of carbonyl (C=O) groups is 2. The smallest absolute Gasteiger partial charge is 0.298 e. The van der Waals surface area contributed by atoms with E-state index in [1.165, 1.54) is 11.3 Å². The van der Waals surface area contributed by atoms with E-state index in [0.29, 0.717) is 10.3 Å². The van der Waals surface area contributed by atoms with Gasteiger partial charge in [-0.25, -0.2) is 4.79 Å². The number of amides is 3. The van der Waals surface area contributed by atoms with Crippen molar-refractivity contribution in [2.75, 3.05) is 10.6 Å². The number of imide groups is 1. The Morgan fingerprint density at radius 2 is 1.83 bits per heavy atom. The zero-order valence-corrected chi connectivity index (χ0v) is 18.6. The van der Waals surface area contributed by atoms with Crippen molar-refractivity contribution in [2.24, 2.45) is 0 Å². The number of rotatable bonds is 4. The largest absolute Gasteiger partial charge is 0.326 e. The number of benzene rings is 1. The number of hydrogen-bond donors (Lipinski definition) is 2. The molecule has 0 saturated heterocycles. The summed E-state index contributed by atoms with van der Waals surface area (Å²) >= 11 is 14.7. The first-order valence-electron chi connectivity index (χ1n) is 6.29. The van der Waals surface area contributed by atoms with Gasteiger partial charge in [-0.05, 0) is 37.4 Å². The first-order chi connectivity index (χ1) is 10.9. The lowest BCUT2D eigenvalue weighted by molar-refractivity contribution is -0.118. The lowest BCUT2D eigenvalue weighted by Crippen LogP contribution is -2.39. The molecule has 0 aliphatic rings. The van der Waals surface area contributed by atoms with E-state index in [9.17, 15) is 9.59 Å². The van der Waals surface area contributed by atoms with Gasteiger partial charge in [0.05, 0.1) is 8.26 Å². The first-order valence-corrected chi connectivity index (χ1v) is 10.7. The Morgan fingerprint density at radius 3 is 2.43 bits per heavy atom. The van der Waals surface area contributed by atoms with E-state index in [1.54, 1.807) is 0 Å². The van der Waals surface area contributed by atoms with Crippen LogP contribution in [0, 0.1) is 0 Å². The van der Waals surface area contributed by atoms with Crippen molar-refractivity contribution in [3.63, 3.8) is 0 Å². The van der Waals surface area contributed by atoms with Crippen LogP contribution in [0.2, 0.25) is 0 Å². The molecule has 1 unspecified atom stereocenters. The van der Waals surface area contributed by atoms with Gasteiger partial charge >= 0.3 is 6.03 Å². The van der Waals surface area contributed by atoms with E-state index in [1.807, 2.05) is 30.3 Å². The Balaban J connectivity index is 2.16. The molecule has 0 bridgehead atoms. The van der Waals surface area contributed by atoms with E-state index in [2.05, 4.69) is 74.4 Å². The number of thiophene rings is 1. The second kappa shape index (κ2) is 8.75. The van der Waals surface area contributed by atoms with Crippen molar-refractivity contribution >= 4 is 92.0 Å². The van der Waals surface area contributed by atoms with E-state index in [4.69, 9.17) is 0 Å². The van der Waals surface area contributed by atoms with Crippen molar-refractivity contribution in [1.82, 2.24) is 5.32 Å². The highest BCUT2D eigenvalue weighted by molar-refractivity contribution is 9.12. The van der Waals surface area contributed by atoms with Crippen LogP contribution in [0.3, 0.4) is 0 Å². The molecule has 2 N–H and O–H groups in total. The molecular formula is C14H10Br4N2O2S. The number of anilines is 1. The van der Waals surface area contributed by atoms with Gasteiger partial charge in [-0.3, -0.25) is 15.4 Å². The molecule has 1 aromatic heterocycles. The molecule has 1 aromatic carbocycles. The third kappa shape index (κ3) is 4.88. The Kier molecular flexibility index (Phi) is 7.27. The Labute approximate surface area is 170 Å². The van der Waals surface area contributed by atoms with Crippen LogP contribution >= 0.6 is 75.1 Å². The van der Waals surface area contributed by atoms with Gasteiger partial charge in [0, 0.05) is 10.9 Å². The van der Waals surface area contributed by atoms with Crippen molar-refractivity contribution in [3.8, 4) is 11.1 Å². The molecule has 0 fully saturated rings. The average Bonchev–Trinajstić information content (AvgIpc) is 2.81. The summed E-state index contributed by atoms with van der Waals surface area (Å²) in [6.07, 6.45) is 0. The highest BCUT2D eigenvalue weighted by Crippen LogP contribution is 2.46. The normalized spacial score (nSPS) is 11.8. The fourth-order valence-electron chi connectivity index (χ4n) is 1.71. The zero-order chi connectivity index (χ0) is 17.0. The summed E-state index contributed by atoms with van der Waals surface area (Å²) in [4.78, 5) is 23.2. The van der Waals surface area contributed by atoms with E-state index in [-0.39, 0.29) is 0 Å². The van der Waals surface area contributed by atoms with Crippen LogP contribution in [-0.2, 0) is 4.79 Å². The van der Waals surface area contributed by atoms with Gasteiger partial charge in [0.25, 0.3) is 0 Å². The number of alkyl halides is 2. The molecule has 2 rings (SSSR count). The minimum Gasteiger partial charge on any atom is -0.298 e. The third-order valence-electron chi connectivity index (χ3n) is 2.75. The summed E-state index contributed by atoms with van der Waals surface area (Å²) in [6.45, 7) is 0. The van der Waals surface area contributed by atoms with Crippen molar-refractivity contribution < 1.29 is 9.59 Å². The molecule has 2 aromatic rings. The predicted molar refractivity (Wildman–Crippen MR) is 109 cm³/mol. The molecular weight excluding hydrogens is 580 g/mol. The Hall–Kier alpha value is -0.220. The average molecular weight is 590 g/mol. The van der Waals surface area contributed by atoms with Gasteiger partial charge in [0.15, 0.2) is 0 Å². The minimum absolute atomic E-state index is 0.408. The molecule has 0 aliphatic heterocycles. The summed E-state index contributed by atoms with van der Waals surface area (Å²) in [5, 5.41) is 6.00. The molecule has 23 heavy (non-hydrogen) atoms. The second-order valence-corrected chi connectivity index (χ2v) is 9.21. The highest BCUT2D eigenvalue weighted by Gasteiger charge is 2.20. The Morgan fingerprint density at radius 1 is 1.17 bits per heavy atom. The van der Waals surface area contributed by atoms with Crippen molar-refractivity contribution in [1.29, 1.82) is 0 Å². The van der Waals surface area contributed by atoms with Gasteiger partial charge < -0.3 is 0 Å². The van der Waals surface area contributed by atoms with Crippen LogP contribution in [0.5, 0.6) is 0 Å². The number of urea groups is 1. The summed E-state index contributed by atoms with van der Waals surface area (Å²) in [6, 6.07) is 9.22. The maximum absolute atomic E-state index is 11.9. The van der Waals surface area contributed by atoms with Crippen molar-refractivity contribution in [2.45, 2.75) is 4.83 Å². The summed E-state index contributed by atoms with van der Waals surface area (Å²) < 4.78 is 1.65. The lowest BCUT2D eigenvalue weighted by atomic mass is 10.1. The fourth-order valence-corrected chi connectivity index (χ4v) is 5.03. The second-order valence-electron chi connectivity index (χ2n) is 4.33. The lowest BCUT2D eigenvalue weighted by Gasteiger charge is -2.08. The van der Waals surface area contributed by atoms with E-state index in [0.717, 1.165) is 19.4 Å². The quantitative estimate of drug-likeness (QED) is 0.447. The molecule has 1 atom stereocenters. The molecule has 9 heteroatoms. The molecule has 122 valence electrons. The van der Waals surface area contributed by atoms with Crippen molar-refractivity contribution in [3.05, 3.63) is 38.6 Å². The van der Waals surface area contributed by atoms with Gasteiger partial charge in [0.1, 0.15) is 9.83 Å². The maximum atomic E-state index is 11.9. The SMILES string of the molecule is O=C(NC(=O)C(Br)CBr)Nc1sc(Br)c(-c2ccccc2)c1Br. The van der Waals surface area contributed by atoms with Gasteiger partial charge in [0.2, 0.25) is 5.91 Å². The van der Waals surface area contributed by atoms with Crippen LogP contribution < -0.4 is 10.6 Å². The van der Waals surface area contributed by atoms with Crippen LogP contribution in [0.25, 0.3) is 11.1 Å². The van der Waals surface area contributed by atoms with E-state index < -0.39 is 16.8 Å². The minimum atomic E-state index is -0.575. The van der Waals surface area contributed by atoms with E-state index >= 15 is 0 Å². The zero-order valence-electron chi connectivity index (χ0n) is 11.4. The molecule has 1 heterocycles. The molecule has 4 nitrogen and oxygen atoms in total. The molecule has 0 spiro atoms.